The van der Waals surface area contributed by atoms with Gasteiger partial charge >= 0.3 is 0 Å². The minimum absolute atomic E-state index is 0.0110. The van der Waals surface area contributed by atoms with Crippen LogP contribution in [0.15, 0.2) is 72.2 Å². The number of aromatic hydroxyl groups is 1. The van der Waals surface area contributed by atoms with Crippen molar-refractivity contribution in [3.05, 3.63) is 94.5 Å². The van der Waals surface area contributed by atoms with Crippen molar-refractivity contribution in [1.82, 2.24) is 9.80 Å². The summed E-state index contributed by atoms with van der Waals surface area (Å²) in [6.45, 7) is 6.90. The predicted molar refractivity (Wildman–Crippen MR) is 212 cm³/mol. The molecule has 0 spiro atoms. The minimum atomic E-state index is -0.242. The second-order valence-electron chi connectivity index (χ2n) is 14.6. The van der Waals surface area contributed by atoms with E-state index < -0.39 is 0 Å². The number of methoxy groups -OCH3 is 2. The fraction of sp³-hybridized carbons (Fsp3) is 0.455. The summed E-state index contributed by atoms with van der Waals surface area (Å²) < 4.78 is 46.7. The number of benzene rings is 3. The molecule has 2 N–H and O–H groups in total. The predicted octanol–water partition coefficient (Wildman–Crippen LogP) is 5.88. The van der Waals surface area contributed by atoms with E-state index in [0.29, 0.717) is 65.1 Å². The van der Waals surface area contributed by atoms with Gasteiger partial charge in [0.2, 0.25) is 0 Å². The van der Waals surface area contributed by atoms with E-state index in [-0.39, 0.29) is 100 Å². The zero-order valence-corrected chi connectivity index (χ0v) is 33.4. The third kappa shape index (κ3) is 8.77. The number of amides is 2. The van der Waals surface area contributed by atoms with Crippen molar-refractivity contribution in [1.29, 1.82) is 0 Å². The molecule has 3 aromatic carbocycles. The topological polar surface area (TPSA) is 155 Å². The molecule has 4 atom stereocenters. The Kier molecular flexibility index (Phi) is 12.8. The summed E-state index contributed by atoms with van der Waals surface area (Å²) in [4.78, 5) is 31.5. The summed E-state index contributed by atoms with van der Waals surface area (Å²) in [5, 5.41) is 20.6. The number of hydrogen-bond donors (Lipinski definition) is 2. The van der Waals surface area contributed by atoms with Crippen LogP contribution >= 0.6 is 0 Å². The molecule has 7 rings (SSSR count). The van der Waals surface area contributed by atoms with E-state index in [1.54, 1.807) is 53.4 Å². The lowest BCUT2D eigenvalue weighted by atomic mass is 9.77. The highest BCUT2D eigenvalue weighted by Crippen LogP contribution is 2.40. The Morgan fingerprint density at radius 2 is 1.24 bits per heavy atom. The van der Waals surface area contributed by atoms with Crippen LogP contribution in [0.3, 0.4) is 0 Å². The summed E-state index contributed by atoms with van der Waals surface area (Å²) in [5.41, 5.74) is 2.84. The van der Waals surface area contributed by atoms with Gasteiger partial charge in [0, 0.05) is 36.2 Å². The van der Waals surface area contributed by atoms with Gasteiger partial charge in [0.05, 0.1) is 46.7 Å². The lowest BCUT2D eigenvalue weighted by Crippen LogP contribution is -2.50. The van der Waals surface area contributed by atoms with E-state index in [4.69, 9.17) is 37.9 Å². The van der Waals surface area contributed by atoms with Crippen molar-refractivity contribution in [2.24, 2.45) is 11.8 Å². The first-order chi connectivity index (χ1) is 28.2. The molecule has 1 saturated heterocycles. The number of aliphatic hydroxyl groups is 1. The molecular weight excluding hydrogens is 748 g/mol. The molecule has 1 fully saturated rings. The Bertz CT molecular complexity index is 2030. The van der Waals surface area contributed by atoms with Crippen molar-refractivity contribution in [3.8, 4) is 34.5 Å². The van der Waals surface area contributed by atoms with Crippen LogP contribution in [0.4, 0.5) is 0 Å². The van der Waals surface area contributed by atoms with E-state index in [1.165, 1.54) is 14.2 Å². The van der Waals surface area contributed by atoms with E-state index >= 15 is 0 Å². The van der Waals surface area contributed by atoms with E-state index in [1.807, 2.05) is 30.9 Å². The van der Waals surface area contributed by atoms with Crippen LogP contribution in [-0.4, -0.2) is 118 Å². The van der Waals surface area contributed by atoms with Gasteiger partial charge in [-0.15, -0.1) is 0 Å². The molecule has 2 amide bonds. The first-order valence-corrected chi connectivity index (χ1v) is 19.8. The van der Waals surface area contributed by atoms with Gasteiger partial charge in [0.25, 0.3) is 11.8 Å². The first-order valence-electron chi connectivity index (χ1n) is 19.8. The van der Waals surface area contributed by atoms with Gasteiger partial charge < -0.3 is 57.9 Å². The molecule has 3 heterocycles. The van der Waals surface area contributed by atoms with Crippen molar-refractivity contribution in [3.63, 3.8) is 0 Å². The normalized spacial score (nSPS) is 22.8. The van der Waals surface area contributed by atoms with Crippen LogP contribution in [0.25, 0.3) is 0 Å². The summed E-state index contributed by atoms with van der Waals surface area (Å²) in [6.07, 6.45) is 5.06. The number of fused-ring (bicyclic) bond motifs is 4. The second kappa shape index (κ2) is 18.3. The lowest BCUT2D eigenvalue weighted by molar-refractivity contribution is 0.0499. The fourth-order valence-corrected chi connectivity index (χ4v) is 8.11. The van der Waals surface area contributed by atoms with Crippen molar-refractivity contribution in [2.75, 3.05) is 80.2 Å². The largest absolute Gasteiger partial charge is 0.504 e. The summed E-state index contributed by atoms with van der Waals surface area (Å²) in [6, 6.07) is 13.5. The highest BCUT2D eigenvalue weighted by molar-refractivity contribution is 5.96. The number of ether oxygens (including phenoxy) is 8. The molecule has 0 radical (unpaired) electrons. The number of nitrogens with zero attached hydrogens (tertiary/aromatic N) is 2. The smallest absolute Gasteiger partial charge is 0.254 e. The highest BCUT2D eigenvalue weighted by Gasteiger charge is 2.39. The molecule has 14 nitrogen and oxygen atoms in total. The molecular formula is C44H52N2O12. The van der Waals surface area contributed by atoms with Crippen LogP contribution in [0.1, 0.15) is 58.2 Å². The van der Waals surface area contributed by atoms with Gasteiger partial charge in [-0.3, -0.25) is 9.59 Å². The number of carbonyl (C=O) groups excluding carboxylic acids is 2. The lowest BCUT2D eigenvalue weighted by Gasteiger charge is -2.43. The molecule has 4 unspecified atom stereocenters. The third-order valence-electron chi connectivity index (χ3n) is 11.3. The Morgan fingerprint density at radius 3 is 1.81 bits per heavy atom. The molecule has 0 aromatic heterocycles. The number of allylic oxidation sites excluding steroid dienone is 1. The Hall–Kier alpha value is -5.60. The maximum absolute atomic E-state index is 13.9. The molecule has 310 valence electrons. The maximum atomic E-state index is 13.9. The molecule has 3 aromatic rings. The number of piperidine rings is 1. The van der Waals surface area contributed by atoms with E-state index in [0.717, 1.165) is 17.5 Å². The van der Waals surface area contributed by atoms with Gasteiger partial charge in [-0.25, -0.2) is 0 Å². The van der Waals surface area contributed by atoms with E-state index in [9.17, 15) is 19.8 Å². The second-order valence-corrected chi connectivity index (χ2v) is 14.6. The van der Waals surface area contributed by atoms with Crippen molar-refractivity contribution in [2.45, 2.75) is 38.8 Å². The number of aliphatic hydroxyl groups excluding tert-OH is 1. The van der Waals surface area contributed by atoms with Gasteiger partial charge in [0.15, 0.2) is 46.0 Å². The minimum Gasteiger partial charge on any atom is -0.504 e. The van der Waals surface area contributed by atoms with Crippen molar-refractivity contribution < 1.29 is 57.7 Å². The molecule has 0 saturated carbocycles. The molecule has 4 aliphatic rings. The highest BCUT2D eigenvalue weighted by atomic mass is 16.6. The number of likely N-dealkylation sites (tertiary alicyclic amines) is 1. The van der Waals surface area contributed by atoms with Gasteiger partial charge in [0.1, 0.15) is 26.4 Å². The summed E-state index contributed by atoms with van der Waals surface area (Å²) >= 11 is 0. The van der Waals surface area contributed by atoms with Crippen LogP contribution in [0, 0.1) is 11.8 Å². The van der Waals surface area contributed by atoms with Crippen LogP contribution in [-0.2, 0) is 20.6 Å². The van der Waals surface area contributed by atoms with Gasteiger partial charge in [-0.05, 0) is 104 Å². The molecule has 58 heavy (non-hydrogen) atoms. The zero-order chi connectivity index (χ0) is 40.8. The standard InChI is InChI=1S/C44H52N2O12/c1-27-33-25-39(51-3)35(47)21-29(33)9-11-45(27)43(49)31-5-7-37-41(23-31)57-19-15-54-16-20-58-42-24-32(6-8-38(42)56-18-14-53-13-17-55-37)44(50)46-12-10-30-22-36(48)40(52-4)26-34(30)28(46)2/h5-8,21-29,33,47-48H,9-20H2,1-4H3. The average molecular weight is 801 g/mol. The number of carbonyl (C=O) groups is 2. The quantitative estimate of drug-likeness (QED) is 0.324. The Morgan fingerprint density at radius 1 is 0.672 bits per heavy atom. The van der Waals surface area contributed by atoms with Gasteiger partial charge in [-0.2, -0.15) is 0 Å². The third-order valence-corrected chi connectivity index (χ3v) is 11.3. The Labute approximate surface area is 338 Å². The van der Waals surface area contributed by atoms with Crippen molar-refractivity contribution >= 4 is 11.8 Å². The molecule has 0 bridgehead atoms. The molecule has 14 heteroatoms. The zero-order valence-electron chi connectivity index (χ0n) is 33.4. The molecule has 1 aliphatic carbocycles. The fourth-order valence-electron chi connectivity index (χ4n) is 8.11. The summed E-state index contributed by atoms with van der Waals surface area (Å²) in [7, 11) is 3.03. The van der Waals surface area contributed by atoms with Crippen LogP contribution in [0.5, 0.6) is 34.5 Å². The maximum Gasteiger partial charge on any atom is 0.254 e. The SMILES string of the molecule is COC1=CC2C(C=C1O)CCN(C(=O)c1ccc3c(c1)OCCOCCOc1cc(C(=O)N4CCc5cc(O)c(OC)cc5C4C)ccc1OCCOCCO3)C2C. The van der Waals surface area contributed by atoms with E-state index in [2.05, 4.69) is 0 Å². The number of phenolic OH excluding ortho intramolecular Hbond substituents is 1. The number of hydrogen-bond acceptors (Lipinski definition) is 12. The monoisotopic (exact) mass is 800 g/mol. The first kappa shape index (κ1) is 40.6. The summed E-state index contributed by atoms with van der Waals surface area (Å²) in [5.74, 6) is 2.65. The van der Waals surface area contributed by atoms with Crippen LogP contribution in [0.2, 0.25) is 0 Å². The van der Waals surface area contributed by atoms with Gasteiger partial charge in [-0.1, -0.05) is 0 Å². The van der Waals surface area contributed by atoms with Crippen LogP contribution < -0.4 is 23.7 Å². The average Bonchev–Trinajstić information content (AvgIpc) is 3.22. The Balaban J connectivity index is 0.984. The molecule has 3 aliphatic heterocycles. The number of phenols is 1. The number of rotatable bonds is 4.